The third kappa shape index (κ3) is 2.75. The first kappa shape index (κ1) is 16.7. The maximum Gasteiger partial charge on any atom is 0.261 e. The van der Waals surface area contributed by atoms with E-state index >= 15 is 0 Å². The van der Waals surface area contributed by atoms with Gasteiger partial charge in [0.05, 0.1) is 22.4 Å². The number of carbonyl (C=O) groups excluding carboxylic acids is 3. The number of amides is 2. The van der Waals surface area contributed by atoms with Crippen molar-refractivity contribution < 1.29 is 19.5 Å². The highest BCUT2D eigenvalue weighted by Crippen LogP contribution is 2.47. The van der Waals surface area contributed by atoms with Crippen LogP contribution in [0.5, 0.6) is 0 Å². The third-order valence-corrected chi connectivity index (χ3v) is 5.68. The summed E-state index contributed by atoms with van der Waals surface area (Å²) >= 11 is 0. The van der Waals surface area contributed by atoms with Crippen LogP contribution < -0.4 is 5.32 Å². The van der Waals surface area contributed by atoms with E-state index in [0.29, 0.717) is 18.5 Å². The van der Waals surface area contributed by atoms with Crippen molar-refractivity contribution in [1.29, 1.82) is 0 Å². The van der Waals surface area contributed by atoms with Crippen LogP contribution in [-0.2, 0) is 4.79 Å². The number of rotatable bonds is 2. The van der Waals surface area contributed by atoms with E-state index in [2.05, 4.69) is 10.3 Å². The van der Waals surface area contributed by atoms with Crippen molar-refractivity contribution in [2.45, 2.75) is 44.9 Å². The Hall–Kier alpha value is -2.76. The molecule has 26 heavy (non-hydrogen) atoms. The number of aliphatic imine (C=N–C) groups is 1. The number of ketones is 1. The molecule has 6 heteroatoms. The van der Waals surface area contributed by atoms with Crippen LogP contribution in [0.15, 0.2) is 34.5 Å². The van der Waals surface area contributed by atoms with Crippen molar-refractivity contribution in [3.8, 4) is 0 Å². The second-order valence-corrected chi connectivity index (χ2v) is 7.44. The number of benzene rings is 1. The Kier molecular flexibility index (Phi) is 3.98. The number of fused-ring (bicyclic) bond motifs is 1. The predicted molar refractivity (Wildman–Crippen MR) is 95.8 cm³/mol. The Morgan fingerprint density at radius 3 is 2.54 bits per heavy atom. The Morgan fingerprint density at radius 1 is 1.04 bits per heavy atom. The summed E-state index contributed by atoms with van der Waals surface area (Å²) in [6.45, 7) is 0. The first-order valence-electron chi connectivity index (χ1n) is 8.97. The van der Waals surface area contributed by atoms with Gasteiger partial charge >= 0.3 is 0 Å². The van der Waals surface area contributed by atoms with Crippen LogP contribution in [-0.4, -0.2) is 28.9 Å². The van der Waals surface area contributed by atoms with Crippen LogP contribution in [0.1, 0.15) is 65.7 Å². The summed E-state index contributed by atoms with van der Waals surface area (Å²) in [6.07, 6.45) is 7.61. The van der Waals surface area contributed by atoms with E-state index < -0.39 is 11.8 Å². The number of nitrogens with one attached hydrogen (secondary N) is 1. The molecular formula is C20H20N2O4. The Bertz CT molecular complexity index is 876. The zero-order valence-corrected chi connectivity index (χ0v) is 14.4. The number of Topliss-reactive ketones (excluding diaryl/α,β-unsaturated/α-hetero) is 1. The summed E-state index contributed by atoms with van der Waals surface area (Å²) < 4.78 is 0. The fraction of sp³-hybridized carbons (Fsp3) is 0.400. The smallest absolute Gasteiger partial charge is 0.261 e. The number of hydrogen-bond donors (Lipinski definition) is 2. The molecule has 2 aliphatic carbocycles. The van der Waals surface area contributed by atoms with Gasteiger partial charge in [-0.15, -0.1) is 0 Å². The zero-order valence-electron chi connectivity index (χ0n) is 14.4. The first-order chi connectivity index (χ1) is 12.5. The average molecular weight is 352 g/mol. The first-order valence-corrected chi connectivity index (χ1v) is 8.97. The number of aliphatic hydroxyl groups is 1. The topological polar surface area (TPSA) is 95.8 Å². The fourth-order valence-corrected chi connectivity index (χ4v) is 4.35. The van der Waals surface area contributed by atoms with Gasteiger partial charge in [0, 0.05) is 19.1 Å². The summed E-state index contributed by atoms with van der Waals surface area (Å²) in [5, 5.41) is 12.7. The van der Waals surface area contributed by atoms with Crippen molar-refractivity contribution >= 4 is 29.5 Å². The molecule has 1 aromatic rings. The highest BCUT2D eigenvalue weighted by atomic mass is 16.3. The van der Waals surface area contributed by atoms with E-state index in [0.717, 1.165) is 25.7 Å². The normalized spacial score (nSPS) is 22.2. The molecule has 0 saturated heterocycles. The molecule has 0 radical (unpaired) electrons. The van der Waals surface area contributed by atoms with Crippen molar-refractivity contribution in [2.24, 2.45) is 10.4 Å². The monoisotopic (exact) mass is 352 g/mol. The second kappa shape index (κ2) is 6.20. The molecule has 1 aliphatic heterocycles. The molecule has 3 aliphatic rings. The van der Waals surface area contributed by atoms with E-state index in [1.807, 2.05) is 0 Å². The van der Waals surface area contributed by atoms with Gasteiger partial charge in [-0.1, -0.05) is 25.3 Å². The summed E-state index contributed by atoms with van der Waals surface area (Å²) in [5.74, 6) is -0.961. The molecule has 1 aromatic carbocycles. The largest absolute Gasteiger partial charge is 0.511 e. The lowest BCUT2D eigenvalue weighted by atomic mass is 9.65. The molecule has 0 unspecified atom stereocenters. The van der Waals surface area contributed by atoms with Crippen molar-refractivity contribution in [3.63, 3.8) is 0 Å². The zero-order chi connectivity index (χ0) is 18.3. The number of allylic oxidation sites excluding steroid dienone is 2. The number of imide groups is 1. The molecule has 0 atom stereocenters. The standard InChI is InChI=1S/C20H20N2O4/c23-15-9-20(7-2-1-3-8-20)10-16(24)13(15)11-21-14-6-4-5-12-17(14)19(26)22-18(12)25/h4-6,11,23H,1-3,7-10H2,(H,22,25,26). The average Bonchev–Trinajstić information content (AvgIpc) is 2.90. The number of nitrogens with zero attached hydrogens (tertiary/aromatic N) is 1. The van der Waals surface area contributed by atoms with E-state index in [1.54, 1.807) is 18.2 Å². The molecule has 134 valence electrons. The van der Waals surface area contributed by atoms with Gasteiger partial charge in [0.1, 0.15) is 5.76 Å². The van der Waals surface area contributed by atoms with Crippen LogP contribution in [0.4, 0.5) is 5.69 Å². The van der Waals surface area contributed by atoms with E-state index in [9.17, 15) is 19.5 Å². The van der Waals surface area contributed by atoms with Gasteiger partial charge in [0.2, 0.25) is 0 Å². The molecular weight excluding hydrogens is 332 g/mol. The van der Waals surface area contributed by atoms with Gasteiger partial charge in [-0.05, 0) is 30.4 Å². The molecule has 2 amide bonds. The van der Waals surface area contributed by atoms with Crippen molar-refractivity contribution in [3.05, 3.63) is 40.7 Å². The third-order valence-electron chi connectivity index (χ3n) is 5.68. The summed E-state index contributed by atoms with van der Waals surface area (Å²) in [5.41, 5.74) is 0.914. The molecule has 1 saturated carbocycles. The lowest BCUT2D eigenvalue weighted by Crippen LogP contribution is -2.33. The van der Waals surface area contributed by atoms with Gasteiger partial charge in [0.25, 0.3) is 11.8 Å². The van der Waals surface area contributed by atoms with Crippen LogP contribution in [0.3, 0.4) is 0 Å². The SMILES string of the molecule is O=C1CC2(CCCCC2)CC(O)=C1C=Nc1cccc2c1C(=O)NC2=O. The second-order valence-electron chi connectivity index (χ2n) is 7.44. The minimum Gasteiger partial charge on any atom is -0.511 e. The van der Waals surface area contributed by atoms with Gasteiger partial charge in [-0.25, -0.2) is 0 Å². The summed E-state index contributed by atoms with van der Waals surface area (Å²) in [6, 6.07) is 4.81. The van der Waals surface area contributed by atoms with Gasteiger partial charge in [0.15, 0.2) is 5.78 Å². The van der Waals surface area contributed by atoms with E-state index in [-0.39, 0.29) is 33.7 Å². The predicted octanol–water partition coefficient (Wildman–Crippen LogP) is 3.40. The molecule has 1 spiro atoms. The Balaban J connectivity index is 1.64. The number of aliphatic hydroxyl groups excluding tert-OH is 1. The van der Waals surface area contributed by atoms with Crippen molar-refractivity contribution in [2.75, 3.05) is 0 Å². The van der Waals surface area contributed by atoms with Crippen LogP contribution in [0, 0.1) is 5.41 Å². The van der Waals surface area contributed by atoms with Crippen LogP contribution in [0.25, 0.3) is 0 Å². The minimum absolute atomic E-state index is 0.0833. The summed E-state index contributed by atoms with van der Waals surface area (Å²) in [4.78, 5) is 40.5. The maximum absolute atomic E-state index is 12.6. The van der Waals surface area contributed by atoms with E-state index in [4.69, 9.17) is 0 Å². The highest BCUT2D eigenvalue weighted by molar-refractivity contribution is 6.24. The quantitative estimate of drug-likeness (QED) is 0.630. The lowest BCUT2D eigenvalue weighted by Gasteiger charge is -2.39. The summed E-state index contributed by atoms with van der Waals surface area (Å²) in [7, 11) is 0. The number of carbonyl (C=O) groups is 3. The van der Waals surface area contributed by atoms with Gasteiger partial charge in [-0.3, -0.25) is 24.7 Å². The van der Waals surface area contributed by atoms with Gasteiger partial charge < -0.3 is 5.11 Å². The lowest BCUT2D eigenvalue weighted by molar-refractivity contribution is -0.119. The Labute approximate surface area is 151 Å². The van der Waals surface area contributed by atoms with Crippen LogP contribution in [0.2, 0.25) is 0 Å². The molecule has 1 heterocycles. The van der Waals surface area contributed by atoms with Gasteiger partial charge in [-0.2, -0.15) is 0 Å². The Morgan fingerprint density at radius 2 is 1.81 bits per heavy atom. The maximum atomic E-state index is 12.6. The fourth-order valence-electron chi connectivity index (χ4n) is 4.35. The molecule has 2 N–H and O–H groups in total. The number of hydrogen-bond acceptors (Lipinski definition) is 5. The highest BCUT2D eigenvalue weighted by Gasteiger charge is 2.40. The molecule has 0 bridgehead atoms. The van der Waals surface area contributed by atoms with Crippen molar-refractivity contribution in [1.82, 2.24) is 5.32 Å². The molecule has 4 rings (SSSR count). The van der Waals surface area contributed by atoms with E-state index in [1.165, 1.54) is 12.6 Å². The molecule has 6 nitrogen and oxygen atoms in total. The molecule has 0 aromatic heterocycles. The minimum atomic E-state index is -0.493. The van der Waals surface area contributed by atoms with Crippen LogP contribution >= 0.6 is 0 Å². The molecule has 1 fully saturated rings.